The first-order valence-electron chi connectivity index (χ1n) is 11.2. The Kier molecular flexibility index (Phi) is 7.92. The molecule has 0 fully saturated rings. The summed E-state index contributed by atoms with van der Waals surface area (Å²) in [7, 11) is 0. The lowest BCUT2D eigenvalue weighted by molar-refractivity contribution is -0.150. The summed E-state index contributed by atoms with van der Waals surface area (Å²) in [4.78, 5) is 12.5. The number of carboxylic acid groups (broad SMARTS) is 1. The second-order valence-electron chi connectivity index (χ2n) is 7.88. The first-order chi connectivity index (χ1) is 16.1. The molecule has 4 rings (SSSR count). The molecule has 1 aliphatic heterocycles. The third-order valence-corrected chi connectivity index (χ3v) is 6.76. The van der Waals surface area contributed by atoms with Gasteiger partial charge in [-0.3, -0.25) is 0 Å². The average Bonchev–Trinajstić information content (AvgIpc) is 2.99. The van der Waals surface area contributed by atoms with Gasteiger partial charge in [-0.15, -0.1) is 11.8 Å². The van der Waals surface area contributed by atoms with Crippen molar-refractivity contribution in [1.82, 2.24) is 0 Å². The number of benzene rings is 3. The lowest BCUT2D eigenvalue weighted by atomic mass is 10.1. The van der Waals surface area contributed by atoms with Crippen molar-refractivity contribution in [3.8, 4) is 17.2 Å². The van der Waals surface area contributed by atoms with Crippen molar-refractivity contribution >= 4 is 17.7 Å². The van der Waals surface area contributed by atoms with Crippen LogP contribution in [-0.4, -0.2) is 30.4 Å². The summed E-state index contributed by atoms with van der Waals surface area (Å²) in [6, 6.07) is 23.9. The molecule has 0 aromatic heterocycles. The minimum absolute atomic E-state index is 0.219. The van der Waals surface area contributed by atoms with Crippen LogP contribution in [0.2, 0.25) is 0 Å². The van der Waals surface area contributed by atoms with Crippen molar-refractivity contribution in [2.75, 3.05) is 13.2 Å². The van der Waals surface area contributed by atoms with Crippen LogP contribution >= 0.6 is 11.8 Å². The molecule has 3 aromatic carbocycles. The zero-order chi connectivity index (χ0) is 23.0. The van der Waals surface area contributed by atoms with Gasteiger partial charge in [-0.05, 0) is 48.7 Å². The van der Waals surface area contributed by atoms with Gasteiger partial charge < -0.3 is 19.3 Å². The van der Waals surface area contributed by atoms with E-state index in [2.05, 4.69) is 12.1 Å². The number of rotatable bonds is 10. The number of thioether (sulfide) groups is 1. The molecule has 6 heteroatoms. The van der Waals surface area contributed by atoms with Gasteiger partial charge in [-0.2, -0.15) is 0 Å². The predicted molar refractivity (Wildman–Crippen MR) is 129 cm³/mol. The topological polar surface area (TPSA) is 65.0 Å². The highest BCUT2D eigenvalue weighted by Crippen LogP contribution is 2.49. The van der Waals surface area contributed by atoms with Gasteiger partial charge in [0.1, 0.15) is 17.2 Å². The Balaban J connectivity index is 1.36. The highest BCUT2D eigenvalue weighted by Gasteiger charge is 2.24. The summed E-state index contributed by atoms with van der Waals surface area (Å²) in [5.74, 6) is 1.61. The monoisotopic (exact) mass is 464 g/mol. The third kappa shape index (κ3) is 6.09. The number of hydrogen-bond acceptors (Lipinski definition) is 5. The van der Waals surface area contributed by atoms with E-state index in [9.17, 15) is 9.90 Å². The standard InChI is InChI=1S/C27H28O5S/c1-2-16-31-24(27(28)29)18-19-11-13-20(14-12-19)30-17-15-25-21-7-3-4-8-22(21)32-23-9-5-6-10-26(23)33-25/h3-14,24-25H,2,15-18H2,1H3,(H,28,29). The molecule has 2 atom stereocenters. The third-order valence-electron chi connectivity index (χ3n) is 5.40. The molecule has 0 saturated heterocycles. The van der Waals surface area contributed by atoms with E-state index in [1.165, 1.54) is 5.56 Å². The van der Waals surface area contributed by atoms with Crippen LogP contribution in [0, 0.1) is 0 Å². The molecule has 0 radical (unpaired) electrons. The SMILES string of the molecule is CCCOC(Cc1ccc(OCCC2Sc3ccccc3Oc3ccccc32)cc1)C(=O)O. The molecule has 0 amide bonds. The zero-order valence-electron chi connectivity index (χ0n) is 18.6. The molecular weight excluding hydrogens is 436 g/mol. The smallest absolute Gasteiger partial charge is 0.333 e. The molecule has 33 heavy (non-hydrogen) atoms. The van der Waals surface area contributed by atoms with E-state index in [1.807, 2.05) is 67.6 Å². The van der Waals surface area contributed by atoms with Crippen LogP contribution in [0.5, 0.6) is 17.2 Å². The molecule has 0 aliphatic carbocycles. The minimum atomic E-state index is -0.935. The number of hydrogen-bond donors (Lipinski definition) is 1. The Morgan fingerprint density at radius 3 is 2.48 bits per heavy atom. The molecule has 1 aliphatic rings. The first kappa shape index (κ1) is 23.2. The van der Waals surface area contributed by atoms with E-state index >= 15 is 0 Å². The number of aliphatic carboxylic acids is 1. The second-order valence-corrected chi connectivity index (χ2v) is 9.12. The summed E-state index contributed by atoms with van der Waals surface area (Å²) in [6.45, 7) is 2.96. The van der Waals surface area contributed by atoms with Gasteiger partial charge in [0.25, 0.3) is 0 Å². The lowest BCUT2D eigenvalue weighted by Gasteiger charge is -2.17. The Bertz CT molecular complexity index is 1070. The fourth-order valence-electron chi connectivity index (χ4n) is 3.72. The first-order valence-corrected chi connectivity index (χ1v) is 12.1. The van der Waals surface area contributed by atoms with Gasteiger partial charge in [-0.1, -0.05) is 49.4 Å². The highest BCUT2D eigenvalue weighted by atomic mass is 32.2. The molecule has 3 aromatic rings. The fourth-order valence-corrected chi connectivity index (χ4v) is 4.94. The van der Waals surface area contributed by atoms with Gasteiger partial charge in [0, 0.05) is 23.8 Å². The van der Waals surface area contributed by atoms with Gasteiger partial charge in [-0.25, -0.2) is 4.79 Å². The number of ether oxygens (including phenoxy) is 3. The molecule has 0 bridgehead atoms. The fraction of sp³-hybridized carbons (Fsp3) is 0.296. The molecule has 1 heterocycles. The number of fused-ring (bicyclic) bond motifs is 2. The van der Waals surface area contributed by atoms with Crippen molar-refractivity contribution in [3.05, 3.63) is 83.9 Å². The van der Waals surface area contributed by atoms with Crippen LogP contribution in [0.3, 0.4) is 0 Å². The minimum Gasteiger partial charge on any atom is -0.494 e. The molecule has 172 valence electrons. The van der Waals surface area contributed by atoms with Crippen molar-refractivity contribution < 1.29 is 24.1 Å². The lowest BCUT2D eigenvalue weighted by Crippen LogP contribution is -2.26. The molecule has 2 unspecified atom stereocenters. The van der Waals surface area contributed by atoms with Crippen LogP contribution in [0.1, 0.15) is 36.1 Å². The van der Waals surface area contributed by atoms with Crippen LogP contribution in [-0.2, 0) is 16.0 Å². The number of carbonyl (C=O) groups is 1. The average molecular weight is 465 g/mol. The Labute approximate surface area is 198 Å². The molecule has 1 N–H and O–H groups in total. The summed E-state index contributed by atoms with van der Waals surface area (Å²) in [5.41, 5.74) is 2.08. The van der Waals surface area contributed by atoms with E-state index < -0.39 is 12.1 Å². The van der Waals surface area contributed by atoms with E-state index in [-0.39, 0.29) is 5.25 Å². The zero-order valence-corrected chi connectivity index (χ0v) is 19.4. The van der Waals surface area contributed by atoms with Crippen molar-refractivity contribution in [2.24, 2.45) is 0 Å². The van der Waals surface area contributed by atoms with Crippen molar-refractivity contribution in [2.45, 2.75) is 42.4 Å². The van der Waals surface area contributed by atoms with Gasteiger partial charge >= 0.3 is 5.97 Å². The van der Waals surface area contributed by atoms with Gasteiger partial charge in [0.15, 0.2) is 6.10 Å². The van der Waals surface area contributed by atoms with Crippen molar-refractivity contribution in [1.29, 1.82) is 0 Å². The molecule has 0 saturated carbocycles. The molecular formula is C27H28O5S. The summed E-state index contributed by atoms with van der Waals surface area (Å²) in [5, 5.41) is 9.56. The quantitative estimate of drug-likeness (QED) is 0.369. The predicted octanol–water partition coefficient (Wildman–Crippen LogP) is 6.52. The summed E-state index contributed by atoms with van der Waals surface area (Å²) >= 11 is 1.80. The maximum Gasteiger partial charge on any atom is 0.333 e. The Morgan fingerprint density at radius 1 is 1.00 bits per heavy atom. The van der Waals surface area contributed by atoms with Crippen LogP contribution in [0.4, 0.5) is 0 Å². The largest absolute Gasteiger partial charge is 0.494 e. The van der Waals surface area contributed by atoms with Crippen LogP contribution in [0.15, 0.2) is 77.7 Å². The maximum absolute atomic E-state index is 11.4. The van der Waals surface area contributed by atoms with Gasteiger partial charge in [0.2, 0.25) is 0 Å². The van der Waals surface area contributed by atoms with Gasteiger partial charge in [0.05, 0.1) is 11.5 Å². The number of para-hydroxylation sites is 2. The molecule has 5 nitrogen and oxygen atoms in total. The van der Waals surface area contributed by atoms with E-state index in [4.69, 9.17) is 14.2 Å². The maximum atomic E-state index is 11.4. The second kappa shape index (κ2) is 11.3. The highest BCUT2D eigenvalue weighted by molar-refractivity contribution is 7.99. The Hall–Kier alpha value is -2.96. The van der Waals surface area contributed by atoms with Crippen molar-refractivity contribution in [3.63, 3.8) is 0 Å². The van der Waals surface area contributed by atoms with Crippen LogP contribution in [0.25, 0.3) is 0 Å². The molecule has 0 spiro atoms. The summed E-state index contributed by atoms with van der Waals surface area (Å²) in [6.07, 6.45) is 1.13. The van der Waals surface area contributed by atoms with E-state index in [0.717, 1.165) is 40.5 Å². The normalized spacial score (nSPS) is 15.5. The van der Waals surface area contributed by atoms with E-state index in [1.54, 1.807) is 11.8 Å². The Morgan fingerprint density at radius 2 is 1.73 bits per heavy atom. The van der Waals surface area contributed by atoms with Crippen LogP contribution < -0.4 is 9.47 Å². The summed E-state index contributed by atoms with van der Waals surface area (Å²) < 4.78 is 17.6. The van der Waals surface area contributed by atoms with E-state index in [0.29, 0.717) is 19.6 Å². The number of carboxylic acids is 1.